The van der Waals surface area contributed by atoms with Crippen molar-refractivity contribution in [2.24, 2.45) is 0 Å². The van der Waals surface area contributed by atoms with Crippen LogP contribution in [-0.4, -0.2) is 40.5 Å². The van der Waals surface area contributed by atoms with E-state index in [1.165, 1.54) is 16.9 Å². The van der Waals surface area contributed by atoms with Gasteiger partial charge < -0.3 is 24.6 Å². The summed E-state index contributed by atoms with van der Waals surface area (Å²) in [7, 11) is 0. The molecule has 0 radical (unpaired) electrons. The largest absolute Gasteiger partial charge is 0.494 e. The normalized spacial score (nSPS) is 13.2. The van der Waals surface area contributed by atoms with Crippen molar-refractivity contribution in [3.8, 4) is 16.7 Å². The van der Waals surface area contributed by atoms with Gasteiger partial charge in [-0.25, -0.2) is 4.98 Å². The number of rotatable bonds is 13. The first-order chi connectivity index (χ1) is 17.3. The molecule has 0 aliphatic heterocycles. The van der Waals surface area contributed by atoms with Gasteiger partial charge in [0.25, 0.3) is 5.19 Å². The van der Waals surface area contributed by atoms with Crippen molar-refractivity contribution in [1.82, 2.24) is 10.3 Å². The van der Waals surface area contributed by atoms with Gasteiger partial charge in [-0.2, -0.15) is 0 Å². The molecule has 1 aromatic heterocycles. The number of aromatic nitrogens is 1. The fourth-order valence-electron chi connectivity index (χ4n) is 4.02. The Hall–Kier alpha value is -2.35. The van der Waals surface area contributed by atoms with E-state index in [-0.39, 0.29) is 17.2 Å². The molecular weight excluding hydrogens is 484 g/mol. The van der Waals surface area contributed by atoms with E-state index in [0.29, 0.717) is 17.5 Å². The van der Waals surface area contributed by atoms with E-state index >= 15 is 0 Å². The van der Waals surface area contributed by atoms with E-state index in [0.717, 1.165) is 47.4 Å². The number of β-amino-alcohol motifs (C(OH)–C–C–N with tert-alkyl or cyclic N) is 1. The molecule has 3 rings (SSSR count). The summed E-state index contributed by atoms with van der Waals surface area (Å²) in [6.07, 6.45) is 2.31. The summed E-state index contributed by atoms with van der Waals surface area (Å²) in [4.78, 5) is 4.66. The third-order valence-electron chi connectivity index (χ3n) is 5.70. The lowest BCUT2D eigenvalue weighted by atomic mass is 9.94. The van der Waals surface area contributed by atoms with Gasteiger partial charge in [0.2, 0.25) is 0 Å². The van der Waals surface area contributed by atoms with E-state index in [1.54, 1.807) is 0 Å². The van der Waals surface area contributed by atoms with E-state index in [9.17, 15) is 5.11 Å². The van der Waals surface area contributed by atoms with E-state index in [4.69, 9.17) is 14.2 Å². The Balaban J connectivity index is 1.73. The molecule has 37 heavy (non-hydrogen) atoms. The van der Waals surface area contributed by atoms with Crippen LogP contribution in [0.2, 0.25) is 0 Å². The second-order valence-corrected chi connectivity index (χ2v) is 12.5. The van der Waals surface area contributed by atoms with Crippen molar-refractivity contribution in [3.63, 3.8) is 0 Å². The summed E-state index contributed by atoms with van der Waals surface area (Å²) in [5.74, 6) is 1.60. The van der Waals surface area contributed by atoms with Crippen LogP contribution in [0, 0.1) is 0 Å². The molecule has 1 atom stereocenters. The van der Waals surface area contributed by atoms with Crippen LogP contribution >= 0.6 is 11.3 Å². The van der Waals surface area contributed by atoms with Crippen LogP contribution < -0.4 is 19.5 Å². The molecule has 3 aromatic rings. The first-order valence-corrected chi connectivity index (χ1v) is 14.1. The lowest BCUT2D eigenvalue weighted by Gasteiger charge is -2.28. The Morgan fingerprint density at radius 2 is 1.73 bits per heavy atom. The van der Waals surface area contributed by atoms with Gasteiger partial charge in [-0.05, 0) is 85.1 Å². The SMILES string of the molecule is CCCCOc1ccc(CC(C)(C)NCC(O)c2cc(OC(C)(C)C)cc3nc(OC(C)C)sc23)cc1. The maximum absolute atomic E-state index is 11.3. The number of ether oxygens (including phenoxy) is 3. The zero-order valence-electron chi connectivity index (χ0n) is 23.7. The number of nitrogens with one attached hydrogen (secondary N) is 1. The standard InChI is InChI=1S/C30H44N2O4S/c1-9-10-15-34-22-13-11-21(12-14-22)18-30(7,8)31-19-26(33)24-16-23(36-29(4,5)6)17-25-27(24)37-28(32-25)35-20(2)3/h11-14,16-17,20,26,31,33H,9-10,15,18-19H2,1-8H3. The summed E-state index contributed by atoms with van der Waals surface area (Å²) >= 11 is 1.46. The fourth-order valence-corrected chi connectivity index (χ4v) is 5.10. The number of hydrogen-bond donors (Lipinski definition) is 2. The topological polar surface area (TPSA) is 72.8 Å². The molecule has 2 aromatic carbocycles. The van der Waals surface area contributed by atoms with Crippen molar-refractivity contribution in [2.75, 3.05) is 13.2 Å². The highest BCUT2D eigenvalue weighted by Gasteiger charge is 2.24. The molecule has 1 heterocycles. The van der Waals surface area contributed by atoms with Crippen molar-refractivity contribution in [3.05, 3.63) is 47.5 Å². The van der Waals surface area contributed by atoms with Crippen molar-refractivity contribution >= 4 is 21.6 Å². The number of nitrogens with zero attached hydrogens (tertiary/aromatic N) is 1. The molecule has 0 fully saturated rings. The zero-order valence-corrected chi connectivity index (χ0v) is 24.5. The van der Waals surface area contributed by atoms with Gasteiger partial charge in [0.1, 0.15) is 17.1 Å². The molecule has 1 unspecified atom stereocenters. The fraction of sp³-hybridized carbons (Fsp3) is 0.567. The average molecular weight is 529 g/mol. The molecule has 7 heteroatoms. The van der Waals surface area contributed by atoms with Crippen LogP contribution in [0.1, 0.15) is 85.5 Å². The molecule has 2 N–H and O–H groups in total. The molecule has 0 spiro atoms. The number of benzene rings is 2. The van der Waals surface area contributed by atoms with E-state index in [2.05, 4.69) is 43.2 Å². The Labute approximate surface area is 226 Å². The molecular formula is C30H44N2O4S. The Morgan fingerprint density at radius 1 is 1.03 bits per heavy atom. The Bertz CT molecular complexity index is 1130. The molecule has 0 aliphatic carbocycles. The predicted molar refractivity (Wildman–Crippen MR) is 153 cm³/mol. The number of fused-ring (bicyclic) bond motifs is 1. The minimum Gasteiger partial charge on any atom is -0.494 e. The monoisotopic (exact) mass is 528 g/mol. The lowest BCUT2D eigenvalue weighted by molar-refractivity contribution is 0.129. The first-order valence-electron chi connectivity index (χ1n) is 13.3. The second-order valence-electron chi connectivity index (χ2n) is 11.5. The molecule has 0 amide bonds. The van der Waals surface area contributed by atoms with Gasteiger partial charge >= 0.3 is 0 Å². The molecule has 0 saturated carbocycles. The highest BCUT2D eigenvalue weighted by molar-refractivity contribution is 7.20. The summed E-state index contributed by atoms with van der Waals surface area (Å²) in [6.45, 7) is 17.6. The van der Waals surface area contributed by atoms with Gasteiger partial charge in [0, 0.05) is 23.7 Å². The zero-order chi connectivity index (χ0) is 27.2. The van der Waals surface area contributed by atoms with Crippen LogP contribution in [0.4, 0.5) is 0 Å². The van der Waals surface area contributed by atoms with Crippen molar-refractivity contribution in [1.29, 1.82) is 0 Å². The maximum atomic E-state index is 11.3. The smallest absolute Gasteiger partial charge is 0.274 e. The Kier molecular flexibility index (Phi) is 9.84. The van der Waals surface area contributed by atoms with Crippen LogP contribution in [0.3, 0.4) is 0 Å². The third kappa shape index (κ3) is 9.16. The number of hydrogen-bond acceptors (Lipinski definition) is 7. The lowest BCUT2D eigenvalue weighted by Crippen LogP contribution is -2.43. The first kappa shape index (κ1) is 29.2. The quantitative estimate of drug-likeness (QED) is 0.231. The summed E-state index contributed by atoms with van der Waals surface area (Å²) < 4.78 is 18.7. The Morgan fingerprint density at radius 3 is 2.35 bits per heavy atom. The van der Waals surface area contributed by atoms with Crippen molar-refractivity contribution < 1.29 is 19.3 Å². The van der Waals surface area contributed by atoms with Gasteiger partial charge in [-0.3, -0.25) is 0 Å². The number of aliphatic hydroxyl groups excluding tert-OH is 1. The van der Waals surface area contributed by atoms with E-state index in [1.807, 2.05) is 58.9 Å². The summed E-state index contributed by atoms with van der Waals surface area (Å²) in [6, 6.07) is 12.2. The number of thiazole rings is 1. The van der Waals surface area contributed by atoms with Gasteiger partial charge in [-0.1, -0.05) is 36.8 Å². The molecule has 204 valence electrons. The second kappa shape index (κ2) is 12.5. The number of unbranched alkanes of at least 4 members (excludes halogenated alkanes) is 1. The molecule has 6 nitrogen and oxygen atoms in total. The molecule has 0 bridgehead atoms. The maximum Gasteiger partial charge on any atom is 0.274 e. The van der Waals surface area contributed by atoms with E-state index < -0.39 is 6.10 Å². The van der Waals surface area contributed by atoms with Gasteiger partial charge in [0.05, 0.1) is 29.0 Å². The predicted octanol–water partition coefficient (Wildman–Crippen LogP) is 7.08. The van der Waals surface area contributed by atoms with Crippen LogP contribution in [0.5, 0.6) is 16.7 Å². The van der Waals surface area contributed by atoms with Crippen LogP contribution in [0.25, 0.3) is 10.2 Å². The summed E-state index contributed by atoms with van der Waals surface area (Å²) in [5.41, 5.74) is 2.21. The highest BCUT2D eigenvalue weighted by atomic mass is 32.1. The summed E-state index contributed by atoms with van der Waals surface area (Å²) in [5, 5.41) is 15.5. The molecule has 0 saturated heterocycles. The van der Waals surface area contributed by atoms with Gasteiger partial charge in [-0.15, -0.1) is 0 Å². The minimum absolute atomic E-state index is 0.0265. The van der Waals surface area contributed by atoms with Crippen LogP contribution in [0.15, 0.2) is 36.4 Å². The average Bonchev–Trinajstić information content (AvgIpc) is 3.18. The van der Waals surface area contributed by atoms with Crippen LogP contribution in [-0.2, 0) is 6.42 Å². The third-order valence-corrected chi connectivity index (χ3v) is 6.71. The highest BCUT2D eigenvalue weighted by Crippen LogP contribution is 2.38. The minimum atomic E-state index is -0.730. The van der Waals surface area contributed by atoms with Crippen molar-refractivity contribution in [2.45, 2.75) is 98.0 Å². The molecule has 0 aliphatic rings. The number of aliphatic hydroxyl groups is 1. The van der Waals surface area contributed by atoms with Gasteiger partial charge in [0.15, 0.2) is 0 Å².